The predicted molar refractivity (Wildman–Crippen MR) is 138 cm³/mol. The Morgan fingerprint density at radius 3 is 1.12 bits per heavy atom. The van der Waals surface area contributed by atoms with Crippen molar-refractivity contribution in [3.8, 4) is 34.1 Å². The Kier molecular flexibility index (Phi) is 5.51. The van der Waals surface area contributed by atoms with Crippen LogP contribution in [-0.4, -0.2) is 20.4 Å². The molecule has 0 amide bonds. The van der Waals surface area contributed by atoms with Crippen molar-refractivity contribution in [1.29, 1.82) is 0 Å². The van der Waals surface area contributed by atoms with Crippen molar-refractivity contribution in [3.63, 3.8) is 0 Å². The summed E-state index contributed by atoms with van der Waals surface area (Å²) in [5.41, 5.74) is 3.28. The number of benzene rings is 2. The van der Waals surface area contributed by atoms with E-state index in [0.29, 0.717) is 11.1 Å². The van der Waals surface area contributed by atoms with Gasteiger partial charge in [0.05, 0.1) is 0 Å². The van der Waals surface area contributed by atoms with E-state index in [1.165, 1.54) is 0 Å². The average Bonchev–Trinajstić information content (AvgIpc) is 3.18. The number of hydrogen-bond donors (Lipinski definition) is 4. The van der Waals surface area contributed by atoms with Crippen molar-refractivity contribution < 1.29 is 20.4 Å². The van der Waals surface area contributed by atoms with Crippen molar-refractivity contribution in [3.05, 3.63) is 34.4 Å². The predicted octanol–water partition coefficient (Wildman–Crippen LogP) is 7.73. The summed E-state index contributed by atoms with van der Waals surface area (Å²) in [6, 6.07) is 3.92. The van der Waals surface area contributed by atoms with Gasteiger partial charge in [-0.2, -0.15) is 0 Å². The van der Waals surface area contributed by atoms with E-state index < -0.39 is 0 Å². The van der Waals surface area contributed by atoms with E-state index in [4.69, 9.17) is 0 Å². The van der Waals surface area contributed by atoms with Gasteiger partial charge in [-0.15, -0.1) is 0 Å². The molecule has 4 heteroatoms. The maximum Gasteiger partial charge on any atom is 0.166 e. The number of phenolic OH excluding ortho intramolecular Hbond substituents is 4. The molecule has 2 fully saturated rings. The minimum Gasteiger partial charge on any atom is -0.504 e. The Hall–Kier alpha value is -2.36. The quantitative estimate of drug-likeness (QED) is 0.349. The lowest BCUT2D eigenvalue weighted by Crippen LogP contribution is -2.34. The fourth-order valence-corrected chi connectivity index (χ4v) is 7.05. The van der Waals surface area contributed by atoms with E-state index in [0.717, 1.165) is 60.8 Å². The SMILES string of the molecule is Cc1cc([C@@]2(C)CCCC2(C)C)c(O)c(O)c1-c1c(C)cc([C@@]2(C)CCCC2(C)C)c(O)c1O. The maximum atomic E-state index is 11.3. The minimum absolute atomic E-state index is 0.00756. The largest absolute Gasteiger partial charge is 0.504 e. The summed E-state index contributed by atoms with van der Waals surface area (Å²) < 4.78 is 0. The summed E-state index contributed by atoms with van der Waals surface area (Å²) >= 11 is 0. The Labute approximate surface area is 204 Å². The Balaban J connectivity index is 1.92. The van der Waals surface area contributed by atoms with Gasteiger partial charge >= 0.3 is 0 Å². The third-order valence-electron chi connectivity index (χ3n) is 10.3. The van der Waals surface area contributed by atoms with Crippen molar-refractivity contribution in [2.45, 2.75) is 105 Å². The molecule has 4 nitrogen and oxygen atoms in total. The lowest BCUT2D eigenvalue weighted by atomic mass is 9.64. The van der Waals surface area contributed by atoms with Gasteiger partial charge in [0.2, 0.25) is 0 Å². The molecule has 2 atom stereocenters. The smallest absolute Gasteiger partial charge is 0.166 e. The summed E-state index contributed by atoms with van der Waals surface area (Å²) in [6.45, 7) is 17.0. The first kappa shape index (κ1) is 24.8. The first-order valence-electron chi connectivity index (χ1n) is 12.7. The molecule has 2 saturated carbocycles. The monoisotopic (exact) mass is 466 g/mol. The molecule has 2 aliphatic rings. The molecular weight excluding hydrogens is 424 g/mol. The van der Waals surface area contributed by atoms with Crippen LogP contribution < -0.4 is 0 Å². The molecule has 4 rings (SSSR count). The third-order valence-corrected chi connectivity index (χ3v) is 10.3. The standard InChI is InChI=1S/C30H42O4/c1-17-15-19(29(7)13-9-11-27(29,3)4)23(31)25(33)21(17)22-18(2)16-20(24(32)26(22)34)30(8)14-10-12-28(30,5)6/h15-16,31-34H,9-14H2,1-8H3/t29-,30-/m1/s1. The number of hydrogen-bond acceptors (Lipinski definition) is 4. The Bertz CT molecular complexity index is 1070. The lowest BCUT2D eigenvalue weighted by Gasteiger charge is -2.40. The van der Waals surface area contributed by atoms with Crippen LogP contribution in [0.15, 0.2) is 12.1 Å². The second kappa shape index (κ2) is 7.57. The van der Waals surface area contributed by atoms with Crippen LogP contribution in [0.25, 0.3) is 11.1 Å². The molecular formula is C30H42O4. The van der Waals surface area contributed by atoms with Crippen LogP contribution in [0.3, 0.4) is 0 Å². The van der Waals surface area contributed by atoms with E-state index in [1.54, 1.807) is 0 Å². The van der Waals surface area contributed by atoms with Crippen molar-refractivity contribution in [2.24, 2.45) is 10.8 Å². The lowest BCUT2D eigenvalue weighted by molar-refractivity contribution is 0.217. The molecule has 2 aromatic rings. The number of phenols is 4. The van der Waals surface area contributed by atoms with E-state index in [2.05, 4.69) is 41.5 Å². The highest BCUT2D eigenvalue weighted by Crippen LogP contribution is 2.61. The molecule has 0 saturated heterocycles. The van der Waals surface area contributed by atoms with Crippen LogP contribution in [0, 0.1) is 24.7 Å². The van der Waals surface area contributed by atoms with Gasteiger partial charge in [0.1, 0.15) is 0 Å². The highest BCUT2D eigenvalue weighted by molar-refractivity contribution is 5.86. The van der Waals surface area contributed by atoms with E-state index in [1.807, 2.05) is 26.0 Å². The van der Waals surface area contributed by atoms with Gasteiger partial charge in [0, 0.05) is 33.1 Å². The summed E-state index contributed by atoms with van der Waals surface area (Å²) in [4.78, 5) is 0. The fourth-order valence-electron chi connectivity index (χ4n) is 7.05. The average molecular weight is 467 g/mol. The highest BCUT2D eigenvalue weighted by atomic mass is 16.3. The van der Waals surface area contributed by atoms with E-state index in [-0.39, 0.29) is 44.7 Å². The van der Waals surface area contributed by atoms with Crippen LogP contribution in [0.2, 0.25) is 0 Å². The maximum absolute atomic E-state index is 11.3. The number of aromatic hydroxyl groups is 4. The van der Waals surface area contributed by atoms with E-state index >= 15 is 0 Å². The molecule has 34 heavy (non-hydrogen) atoms. The number of rotatable bonds is 3. The summed E-state index contributed by atoms with van der Waals surface area (Å²) in [6.07, 6.45) is 6.17. The molecule has 0 heterocycles. The normalized spacial score (nSPS) is 27.9. The molecule has 2 aromatic carbocycles. The molecule has 0 spiro atoms. The molecule has 2 aliphatic carbocycles. The molecule has 186 valence electrons. The fraction of sp³-hybridized carbons (Fsp3) is 0.600. The van der Waals surface area contributed by atoms with Crippen LogP contribution in [0.1, 0.15) is 102 Å². The van der Waals surface area contributed by atoms with Crippen LogP contribution in [0.5, 0.6) is 23.0 Å². The first-order chi connectivity index (χ1) is 15.6. The van der Waals surface area contributed by atoms with Gasteiger partial charge in [-0.1, -0.05) is 66.5 Å². The van der Waals surface area contributed by atoms with Gasteiger partial charge in [-0.25, -0.2) is 0 Å². The molecule has 0 bridgehead atoms. The van der Waals surface area contributed by atoms with Crippen LogP contribution in [-0.2, 0) is 10.8 Å². The molecule has 4 N–H and O–H groups in total. The van der Waals surface area contributed by atoms with Crippen LogP contribution >= 0.6 is 0 Å². The first-order valence-corrected chi connectivity index (χ1v) is 12.7. The second-order valence-electron chi connectivity index (χ2n) is 12.8. The third kappa shape index (κ3) is 3.17. The summed E-state index contributed by atoms with van der Waals surface area (Å²) in [7, 11) is 0. The zero-order valence-electron chi connectivity index (χ0n) is 22.2. The van der Waals surface area contributed by atoms with Gasteiger partial charge in [0.25, 0.3) is 0 Å². The van der Waals surface area contributed by atoms with Crippen molar-refractivity contribution in [2.75, 3.05) is 0 Å². The Morgan fingerprint density at radius 1 is 0.529 bits per heavy atom. The van der Waals surface area contributed by atoms with Crippen molar-refractivity contribution in [1.82, 2.24) is 0 Å². The molecule has 0 radical (unpaired) electrons. The molecule has 0 aliphatic heterocycles. The summed E-state index contributed by atoms with van der Waals surface area (Å²) in [5, 5.41) is 45.0. The van der Waals surface area contributed by atoms with Crippen LogP contribution in [0.4, 0.5) is 0 Å². The van der Waals surface area contributed by atoms with Gasteiger partial charge in [-0.3, -0.25) is 0 Å². The zero-order valence-corrected chi connectivity index (χ0v) is 22.2. The molecule has 0 aromatic heterocycles. The zero-order chi connectivity index (χ0) is 25.4. The van der Waals surface area contributed by atoms with Gasteiger partial charge in [-0.05, 0) is 61.5 Å². The topological polar surface area (TPSA) is 80.9 Å². The molecule has 0 unspecified atom stereocenters. The highest BCUT2D eigenvalue weighted by Gasteiger charge is 2.49. The number of aryl methyl sites for hydroxylation is 2. The Morgan fingerprint density at radius 2 is 0.853 bits per heavy atom. The summed E-state index contributed by atoms with van der Waals surface area (Å²) in [5.74, 6) is -0.692. The van der Waals surface area contributed by atoms with Crippen molar-refractivity contribution >= 4 is 0 Å². The van der Waals surface area contributed by atoms with E-state index in [9.17, 15) is 20.4 Å². The second-order valence-corrected chi connectivity index (χ2v) is 12.8. The van der Waals surface area contributed by atoms with Gasteiger partial charge in [0.15, 0.2) is 23.0 Å². The van der Waals surface area contributed by atoms with Gasteiger partial charge < -0.3 is 20.4 Å². The minimum atomic E-state index is -0.260.